The van der Waals surface area contributed by atoms with Gasteiger partial charge >= 0.3 is 0 Å². The molecule has 5 heteroatoms. The Balaban J connectivity index is 2.12. The lowest BCUT2D eigenvalue weighted by Crippen LogP contribution is -2.49. The van der Waals surface area contributed by atoms with Crippen molar-refractivity contribution in [1.29, 1.82) is 0 Å². The molecule has 0 spiro atoms. The van der Waals surface area contributed by atoms with Crippen LogP contribution in [0.4, 0.5) is 0 Å². The van der Waals surface area contributed by atoms with Crippen LogP contribution in [0.2, 0.25) is 0 Å². The van der Waals surface area contributed by atoms with Crippen molar-refractivity contribution in [3.8, 4) is 0 Å². The van der Waals surface area contributed by atoms with Gasteiger partial charge in [0.25, 0.3) is 5.91 Å². The van der Waals surface area contributed by atoms with Gasteiger partial charge in [0.05, 0.1) is 6.54 Å². The summed E-state index contributed by atoms with van der Waals surface area (Å²) in [4.78, 5) is 25.0. The number of carbonyl (C=O) groups is 2. The van der Waals surface area contributed by atoms with E-state index in [9.17, 15) is 9.59 Å². The van der Waals surface area contributed by atoms with Crippen molar-refractivity contribution in [3.05, 3.63) is 35.4 Å². The minimum Gasteiger partial charge on any atom is -0.353 e. The fourth-order valence-electron chi connectivity index (χ4n) is 2.02. The summed E-state index contributed by atoms with van der Waals surface area (Å²) >= 11 is 0. The van der Waals surface area contributed by atoms with Gasteiger partial charge in [0.2, 0.25) is 5.91 Å². The molecule has 1 heterocycles. The second-order valence-electron chi connectivity index (χ2n) is 4.32. The molecule has 2 rings (SSSR count). The van der Waals surface area contributed by atoms with Crippen molar-refractivity contribution in [2.45, 2.75) is 6.42 Å². The molecule has 0 aromatic heterocycles. The molecule has 18 heavy (non-hydrogen) atoms. The number of nitrogens with zero attached hydrogens (tertiary/aromatic N) is 1. The molecule has 0 bridgehead atoms. The van der Waals surface area contributed by atoms with Gasteiger partial charge in [-0.15, -0.1) is 0 Å². The second-order valence-corrected chi connectivity index (χ2v) is 4.32. The van der Waals surface area contributed by atoms with Crippen LogP contribution in [0.1, 0.15) is 15.9 Å². The van der Waals surface area contributed by atoms with Crippen molar-refractivity contribution in [2.24, 2.45) is 5.73 Å². The maximum absolute atomic E-state index is 12.2. The number of nitrogens with one attached hydrogen (secondary N) is 1. The van der Waals surface area contributed by atoms with Crippen molar-refractivity contribution in [1.82, 2.24) is 10.2 Å². The largest absolute Gasteiger partial charge is 0.353 e. The van der Waals surface area contributed by atoms with Crippen LogP contribution < -0.4 is 11.1 Å². The molecule has 1 aliphatic heterocycles. The van der Waals surface area contributed by atoms with E-state index < -0.39 is 0 Å². The summed E-state index contributed by atoms with van der Waals surface area (Å²) < 4.78 is 0. The fraction of sp³-hybridized carbons (Fsp3) is 0.385. The van der Waals surface area contributed by atoms with Gasteiger partial charge in [0.1, 0.15) is 0 Å². The molecule has 1 aromatic rings. The molecule has 1 saturated heterocycles. The lowest BCUT2D eigenvalue weighted by molar-refractivity contribution is -0.123. The van der Waals surface area contributed by atoms with Gasteiger partial charge in [-0.3, -0.25) is 9.59 Å². The first-order valence-electron chi connectivity index (χ1n) is 6.05. The highest BCUT2D eigenvalue weighted by Gasteiger charge is 2.22. The molecule has 3 N–H and O–H groups in total. The van der Waals surface area contributed by atoms with E-state index in [4.69, 9.17) is 5.73 Å². The first-order valence-corrected chi connectivity index (χ1v) is 6.05. The minimum atomic E-state index is -0.104. The number of amides is 2. The third-order valence-electron chi connectivity index (χ3n) is 2.93. The van der Waals surface area contributed by atoms with E-state index >= 15 is 0 Å². The summed E-state index contributed by atoms with van der Waals surface area (Å²) in [6.45, 7) is 1.78. The van der Waals surface area contributed by atoms with Crippen molar-refractivity contribution in [2.75, 3.05) is 26.2 Å². The van der Waals surface area contributed by atoms with Crippen LogP contribution in [-0.4, -0.2) is 42.9 Å². The first-order chi connectivity index (χ1) is 8.70. The Morgan fingerprint density at radius 3 is 3.00 bits per heavy atom. The minimum absolute atomic E-state index is 0.0938. The van der Waals surface area contributed by atoms with Crippen LogP contribution in [0.3, 0.4) is 0 Å². The average Bonchev–Trinajstić information content (AvgIpc) is 2.39. The third kappa shape index (κ3) is 2.87. The van der Waals surface area contributed by atoms with Crippen LogP contribution >= 0.6 is 0 Å². The summed E-state index contributed by atoms with van der Waals surface area (Å²) in [6.07, 6.45) is 0.752. The Hall–Kier alpha value is -1.88. The van der Waals surface area contributed by atoms with E-state index in [1.807, 2.05) is 18.2 Å². The van der Waals surface area contributed by atoms with Crippen LogP contribution in [0.15, 0.2) is 24.3 Å². The molecule has 0 atom stereocenters. The van der Waals surface area contributed by atoms with Crippen molar-refractivity contribution < 1.29 is 9.59 Å². The van der Waals surface area contributed by atoms with E-state index in [1.165, 1.54) is 0 Å². The number of rotatable bonds is 3. The van der Waals surface area contributed by atoms with Crippen LogP contribution in [0.5, 0.6) is 0 Å². The Morgan fingerprint density at radius 2 is 2.28 bits per heavy atom. The molecule has 0 aliphatic carbocycles. The summed E-state index contributed by atoms with van der Waals surface area (Å²) in [5, 5.41) is 2.70. The van der Waals surface area contributed by atoms with Gasteiger partial charge in [0.15, 0.2) is 0 Å². The standard InChI is InChI=1S/C13H17N3O2/c14-5-4-10-2-1-3-11(8-10)13(18)16-7-6-15-12(17)9-16/h1-3,8H,4-7,9,14H2,(H,15,17). The molecular weight excluding hydrogens is 230 g/mol. The number of nitrogens with two attached hydrogens (primary N) is 1. The van der Waals surface area contributed by atoms with Crippen LogP contribution in [-0.2, 0) is 11.2 Å². The first kappa shape index (κ1) is 12.6. The lowest BCUT2D eigenvalue weighted by Gasteiger charge is -2.26. The Bertz CT molecular complexity index is 459. The maximum Gasteiger partial charge on any atom is 0.254 e. The highest BCUT2D eigenvalue weighted by Crippen LogP contribution is 2.10. The number of hydrogen-bond donors (Lipinski definition) is 2. The molecule has 2 amide bonds. The van der Waals surface area contributed by atoms with E-state index in [2.05, 4.69) is 5.32 Å². The van der Waals surface area contributed by atoms with Gasteiger partial charge in [0, 0.05) is 18.7 Å². The van der Waals surface area contributed by atoms with E-state index in [0.29, 0.717) is 25.2 Å². The number of hydrogen-bond acceptors (Lipinski definition) is 3. The zero-order chi connectivity index (χ0) is 13.0. The quantitative estimate of drug-likeness (QED) is 0.774. The summed E-state index contributed by atoms with van der Waals surface area (Å²) in [5.41, 5.74) is 7.17. The Kier molecular flexibility index (Phi) is 3.94. The highest BCUT2D eigenvalue weighted by atomic mass is 16.2. The molecule has 96 valence electrons. The normalized spacial score (nSPS) is 15.4. The van der Waals surface area contributed by atoms with E-state index in [1.54, 1.807) is 11.0 Å². The smallest absolute Gasteiger partial charge is 0.254 e. The van der Waals surface area contributed by atoms with Gasteiger partial charge in [-0.1, -0.05) is 12.1 Å². The third-order valence-corrected chi connectivity index (χ3v) is 2.93. The van der Waals surface area contributed by atoms with E-state index in [-0.39, 0.29) is 18.4 Å². The van der Waals surface area contributed by atoms with Crippen molar-refractivity contribution in [3.63, 3.8) is 0 Å². The SMILES string of the molecule is NCCc1cccc(C(=O)N2CCNC(=O)C2)c1. The van der Waals surface area contributed by atoms with Crippen molar-refractivity contribution >= 4 is 11.8 Å². The fourth-order valence-corrected chi connectivity index (χ4v) is 2.02. The summed E-state index contributed by atoms with van der Waals surface area (Å²) in [6, 6.07) is 7.42. The Labute approximate surface area is 106 Å². The zero-order valence-electron chi connectivity index (χ0n) is 10.2. The van der Waals surface area contributed by atoms with Gasteiger partial charge in [-0.25, -0.2) is 0 Å². The number of carbonyl (C=O) groups excluding carboxylic acids is 2. The summed E-state index contributed by atoms with van der Waals surface area (Å²) in [7, 11) is 0. The van der Waals surface area contributed by atoms with Gasteiger partial charge < -0.3 is 16.0 Å². The van der Waals surface area contributed by atoms with Crippen LogP contribution in [0.25, 0.3) is 0 Å². The Morgan fingerprint density at radius 1 is 1.44 bits per heavy atom. The summed E-state index contributed by atoms with van der Waals surface area (Å²) in [5.74, 6) is -0.198. The topological polar surface area (TPSA) is 75.4 Å². The average molecular weight is 247 g/mol. The maximum atomic E-state index is 12.2. The highest BCUT2D eigenvalue weighted by molar-refractivity contribution is 5.97. The molecule has 1 fully saturated rings. The van der Waals surface area contributed by atoms with Crippen LogP contribution in [0, 0.1) is 0 Å². The lowest BCUT2D eigenvalue weighted by atomic mass is 10.1. The van der Waals surface area contributed by atoms with Gasteiger partial charge in [-0.2, -0.15) is 0 Å². The molecular formula is C13H17N3O2. The second kappa shape index (κ2) is 5.64. The number of piperazine rings is 1. The molecule has 0 radical (unpaired) electrons. The number of benzene rings is 1. The molecule has 0 unspecified atom stereocenters. The monoisotopic (exact) mass is 247 g/mol. The predicted molar refractivity (Wildman–Crippen MR) is 68.1 cm³/mol. The molecule has 1 aromatic carbocycles. The van der Waals surface area contributed by atoms with Gasteiger partial charge in [-0.05, 0) is 30.7 Å². The molecule has 5 nitrogen and oxygen atoms in total. The predicted octanol–water partition coefficient (Wildman–Crippen LogP) is -0.240. The van der Waals surface area contributed by atoms with E-state index in [0.717, 1.165) is 12.0 Å². The molecule has 0 saturated carbocycles. The zero-order valence-corrected chi connectivity index (χ0v) is 10.2. The molecule has 1 aliphatic rings.